The van der Waals surface area contributed by atoms with Crippen LogP contribution in [0.2, 0.25) is 0 Å². The summed E-state index contributed by atoms with van der Waals surface area (Å²) in [6.45, 7) is 0.163. The van der Waals surface area contributed by atoms with Crippen LogP contribution in [0.5, 0.6) is 11.6 Å². The highest BCUT2D eigenvalue weighted by molar-refractivity contribution is 5.93. The predicted octanol–water partition coefficient (Wildman–Crippen LogP) is 2.63. The van der Waals surface area contributed by atoms with Crippen LogP contribution >= 0.6 is 0 Å². The second kappa shape index (κ2) is 7.39. The van der Waals surface area contributed by atoms with Gasteiger partial charge in [0.2, 0.25) is 11.4 Å². The number of aromatic nitrogens is 2. The maximum absolute atomic E-state index is 13.3. The van der Waals surface area contributed by atoms with Crippen molar-refractivity contribution in [1.29, 1.82) is 0 Å². The fraction of sp³-hybridized carbons (Fsp3) is 0.0556. The minimum atomic E-state index is -0.415. The third-order valence-corrected chi connectivity index (χ3v) is 3.35. The Morgan fingerprint density at radius 3 is 2.84 bits per heavy atom. The number of amides is 1. The molecular weight excluding hydrogens is 325 g/mol. The number of ether oxygens (including phenoxy) is 1. The molecule has 0 saturated carbocycles. The maximum atomic E-state index is 13.3. The molecule has 7 heteroatoms. The molecule has 3 rings (SSSR count). The molecule has 126 valence electrons. The number of carbonyl (C=O) groups is 1. The summed E-state index contributed by atoms with van der Waals surface area (Å²) in [5.74, 6) is -0.181. The molecule has 2 aromatic heterocycles. The molecule has 3 aromatic rings. The second-order valence-electron chi connectivity index (χ2n) is 5.15. The summed E-state index contributed by atoms with van der Waals surface area (Å²) in [7, 11) is 0. The third kappa shape index (κ3) is 4.29. The Labute approximate surface area is 142 Å². The zero-order valence-corrected chi connectivity index (χ0v) is 13.0. The number of carbonyl (C=O) groups excluding carboxylic acids is 1. The van der Waals surface area contributed by atoms with Crippen molar-refractivity contribution >= 4 is 5.91 Å². The van der Waals surface area contributed by atoms with E-state index in [2.05, 4.69) is 15.3 Å². The van der Waals surface area contributed by atoms with Crippen LogP contribution in [-0.4, -0.2) is 15.9 Å². The predicted molar refractivity (Wildman–Crippen MR) is 88.9 cm³/mol. The van der Waals surface area contributed by atoms with Crippen molar-refractivity contribution in [2.45, 2.75) is 6.54 Å². The standard InChI is InChI=1S/C18H14FN3O3/c19-14-4-1-5-15(9-14)25-18-13(3-2-8-20-18)11-22-17(24)12-6-7-16(23)21-10-12/h1-10H,11H2,(H,21,23)(H,22,24). The van der Waals surface area contributed by atoms with E-state index in [4.69, 9.17) is 4.74 Å². The van der Waals surface area contributed by atoms with Crippen molar-refractivity contribution in [1.82, 2.24) is 15.3 Å². The monoisotopic (exact) mass is 339 g/mol. The Balaban J connectivity index is 1.71. The summed E-state index contributed by atoms with van der Waals surface area (Å²) in [4.78, 5) is 29.7. The topological polar surface area (TPSA) is 84.1 Å². The van der Waals surface area contributed by atoms with E-state index < -0.39 is 5.82 Å². The summed E-state index contributed by atoms with van der Waals surface area (Å²) in [5.41, 5.74) is 0.676. The molecule has 2 N–H and O–H groups in total. The smallest absolute Gasteiger partial charge is 0.253 e. The first kappa shape index (κ1) is 16.4. The van der Waals surface area contributed by atoms with Crippen LogP contribution in [0.3, 0.4) is 0 Å². The molecule has 6 nitrogen and oxygen atoms in total. The summed E-state index contributed by atoms with van der Waals surface area (Å²) in [6, 6.07) is 11.9. The van der Waals surface area contributed by atoms with Gasteiger partial charge in [0.15, 0.2) is 0 Å². The van der Waals surface area contributed by atoms with Crippen molar-refractivity contribution in [3.63, 3.8) is 0 Å². The van der Waals surface area contributed by atoms with Crippen molar-refractivity contribution in [3.05, 3.63) is 88.2 Å². The quantitative estimate of drug-likeness (QED) is 0.748. The number of benzene rings is 1. The molecule has 0 unspecified atom stereocenters. The number of rotatable bonds is 5. The van der Waals surface area contributed by atoms with E-state index in [1.54, 1.807) is 24.4 Å². The first-order valence-corrected chi connectivity index (χ1v) is 7.46. The molecule has 0 atom stereocenters. The van der Waals surface area contributed by atoms with E-state index in [1.165, 1.54) is 36.5 Å². The molecule has 0 bridgehead atoms. The molecule has 1 aromatic carbocycles. The van der Waals surface area contributed by atoms with E-state index in [0.717, 1.165) is 0 Å². The average Bonchev–Trinajstić information content (AvgIpc) is 2.61. The number of nitrogens with one attached hydrogen (secondary N) is 2. The molecule has 2 heterocycles. The zero-order valence-electron chi connectivity index (χ0n) is 13.0. The number of hydrogen-bond acceptors (Lipinski definition) is 4. The van der Waals surface area contributed by atoms with Gasteiger partial charge in [0, 0.05) is 36.6 Å². The molecule has 0 aliphatic carbocycles. The fourth-order valence-corrected chi connectivity index (χ4v) is 2.12. The third-order valence-electron chi connectivity index (χ3n) is 3.35. The molecule has 1 amide bonds. The van der Waals surface area contributed by atoms with Gasteiger partial charge in [-0.2, -0.15) is 0 Å². The van der Waals surface area contributed by atoms with E-state index in [1.807, 2.05) is 0 Å². The Kier molecular flexibility index (Phi) is 4.84. The average molecular weight is 339 g/mol. The Bertz CT molecular complexity index is 936. The highest BCUT2D eigenvalue weighted by Crippen LogP contribution is 2.23. The molecule has 0 aliphatic rings. The highest BCUT2D eigenvalue weighted by atomic mass is 19.1. The van der Waals surface area contributed by atoms with Gasteiger partial charge >= 0.3 is 0 Å². The van der Waals surface area contributed by atoms with Crippen LogP contribution in [0.25, 0.3) is 0 Å². The minimum absolute atomic E-state index is 0.163. The van der Waals surface area contributed by atoms with Gasteiger partial charge < -0.3 is 15.0 Å². The number of nitrogens with zero attached hydrogens (tertiary/aromatic N) is 1. The van der Waals surface area contributed by atoms with Gasteiger partial charge in [-0.3, -0.25) is 9.59 Å². The van der Waals surface area contributed by atoms with E-state index in [9.17, 15) is 14.0 Å². The van der Waals surface area contributed by atoms with Crippen molar-refractivity contribution in [3.8, 4) is 11.6 Å². The van der Waals surface area contributed by atoms with E-state index in [-0.39, 0.29) is 23.9 Å². The van der Waals surface area contributed by atoms with Crippen LogP contribution in [0.15, 0.2) is 65.7 Å². The highest BCUT2D eigenvalue weighted by Gasteiger charge is 2.10. The Morgan fingerprint density at radius 2 is 2.08 bits per heavy atom. The van der Waals surface area contributed by atoms with Gasteiger partial charge in [-0.25, -0.2) is 9.37 Å². The summed E-state index contributed by atoms with van der Waals surface area (Å²) < 4.78 is 18.9. The number of pyridine rings is 2. The molecule has 0 saturated heterocycles. The molecule has 0 fully saturated rings. The summed E-state index contributed by atoms with van der Waals surface area (Å²) >= 11 is 0. The first-order valence-electron chi connectivity index (χ1n) is 7.46. The number of hydrogen-bond donors (Lipinski definition) is 2. The van der Waals surface area contributed by atoms with Crippen LogP contribution < -0.4 is 15.6 Å². The largest absolute Gasteiger partial charge is 0.439 e. The number of aromatic amines is 1. The molecule has 25 heavy (non-hydrogen) atoms. The van der Waals surface area contributed by atoms with Gasteiger partial charge in [0.05, 0.1) is 5.56 Å². The zero-order chi connectivity index (χ0) is 17.6. The van der Waals surface area contributed by atoms with Crippen molar-refractivity contribution in [2.75, 3.05) is 0 Å². The van der Waals surface area contributed by atoms with Crippen LogP contribution in [-0.2, 0) is 6.54 Å². The SMILES string of the molecule is O=C(NCc1cccnc1Oc1cccc(F)c1)c1ccc(=O)[nH]c1. The Morgan fingerprint density at radius 1 is 1.20 bits per heavy atom. The Hall–Kier alpha value is -3.48. The van der Waals surface area contributed by atoms with Crippen molar-refractivity contribution in [2.24, 2.45) is 0 Å². The van der Waals surface area contributed by atoms with Crippen molar-refractivity contribution < 1.29 is 13.9 Å². The number of halogens is 1. The number of H-pyrrole nitrogens is 1. The molecule has 0 radical (unpaired) electrons. The lowest BCUT2D eigenvalue weighted by atomic mass is 10.2. The van der Waals surface area contributed by atoms with E-state index in [0.29, 0.717) is 16.9 Å². The van der Waals surface area contributed by atoms with Gasteiger partial charge in [0.25, 0.3) is 5.91 Å². The summed E-state index contributed by atoms with van der Waals surface area (Å²) in [5, 5.41) is 2.72. The molecular formula is C18H14FN3O3. The molecule has 0 aliphatic heterocycles. The minimum Gasteiger partial charge on any atom is -0.439 e. The van der Waals surface area contributed by atoms with Crippen LogP contribution in [0.1, 0.15) is 15.9 Å². The normalized spacial score (nSPS) is 10.3. The first-order chi connectivity index (χ1) is 12.1. The van der Waals surface area contributed by atoms with Gasteiger partial charge in [0.1, 0.15) is 11.6 Å². The summed E-state index contributed by atoms with van der Waals surface area (Å²) in [6.07, 6.45) is 2.88. The van der Waals surface area contributed by atoms with Gasteiger partial charge in [-0.05, 0) is 24.3 Å². The van der Waals surface area contributed by atoms with E-state index >= 15 is 0 Å². The lowest BCUT2D eigenvalue weighted by molar-refractivity contribution is 0.0950. The maximum Gasteiger partial charge on any atom is 0.253 e. The van der Waals surface area contributed by atoms with Gasteiger partial charge in [-0.15, -0.1) is 0 Å². The molecule has 0 spiro atoms. The van der Waals surface area contributed by atoms with Crippen LogP contribution in [0, 0.1) is 5.82 Å². The second-order valence-corrected chi connectivity index (χ2v) is 5.15. The van der Waals surface area contributed by atoms with Crippen LogP contribution in [0.4, 0.5) is 4.39 Å². The van der Waals surface area contributed by atoms with Gasteiger partial charge in [-0.1, -0.05) is 12.1 Å². The lowest BCUT2D eigenvalue weighted by Gasteiger charge is -2.11. The lowest BCUT2D eigenvalue weighted by Crippen LogP contribution is -2.24. The fourth-order valence-electron chi connectivity index (χ4n) is 2.12.